The Hall–Kier alpha value is -2.25. The smallest absolute Gasteiger partial charge is 0.475 e. The predicted molar refractivity (Wildman–Crippen MR) is 73.3 cm³/mol. The summed E-state index contributed by atoms with van der Waals surface area (Å²) >= 11 is 0. The van der Waals surface area contributed by atoms with Gasteiger partial charge in [0, 0.05) is 13.1 Å². The highest BCUT2D eigenvalue weighted by Crippen LogP contribution is 2.14. The van der Waals surface area contributed by atoms with E-state index in [2.05, 4.69) is 5.32 Å². The molecule has 0 saturated carbocycles. The molecule has 1 fully saturated rings. The summed E-state index contributed by atoms with van der Waals surface area (Å²) in [6.45, 7) is 3.80. The molecule has 0 aromatic heterocycles. The molecule has 1 heterocycles. The maximum absolute atomic E-state index is 11.6. The minimum Gasteiger partial charge on any atom is -0.475 e. The minimum absolute atomic E-state index is 0.0533. The van der Waals surface area contributed by atoms with Crippen LogP contribution in [0.25, 0.3) is 0 Å². The molecular formula is C14H17F3N2O3. The second-order valence-electron chi connectivity index (χ2n) is 4.73. The molecule has 0 bridgehead atoms. The molecule has 2 rings (SSSR count). The summed E-state index contributed by atoms with van der Waals surface area (Å²) in [5, 5.41) is 10.1. The van der Waals surface area contributed by atoms with Crippen molar-refractivity contribution in [1.29, 1.82) is 0 Å². The average Bonchev–Trinajstić information content (AvgIpc) is 2.37. The van der Waals surface area contributed by atoms with Crippen LogP contribution >= 0.6 is 0 Å². The van der Waals surface area contributed by atoms with E-state index in [0.29, 0.717) is 0 Å². The maximum Gasteiger partial charge on any atom is 0.490 e. The quantitative estimate of drug-likeness (QED) is 0.881. The van der Waals surface area contributed by atoms with Crippen LogP contribution in [-0.4, -0.2) is 41.3 Å². The van der Waals surface area contributed by atoms with Gasteiger partial charge in [-0.15, -0.1) is 0 Å². The van der Waals surface area contributed by atoms with E-state index in [9.17, 15) is 18.0 Å². The number of rotatable bonds is 2. The Balaban J connectivity index is 0.000000295. The largest absolute Gasteiger partial charge is 0.490 e. The van der Waals surface area contributed by atoms with Gasteiger partial charge < -0.3 is 15.3 Å². The van der Waals surface area contributed by atoms with Crippen molar-refractivity contribution >= 4 is 12.0 Å². The highest BCUT2D eigenvalue weighted by atomic mass is 19.4. The van der Waals surface area contributed by atoms with Crippen molar-refractivity contribution in [2.24, 2.45) is 0 Å². The molecule has 0 radical (unpaired) electrons. The summed E-state index contributed by atoms with van der Waals surface area (Å²) in [5.41, 5.74) is 1.14. The second kappa shape index (κ2) is 7.67. The number of carbonyl (C=O) groups excluding carboxylic acids is 1. The first-order valence-electron chi connectivity index (χ1n) is 6.62. The lowest BCUT2D eigenvalue weighted by atomic mass is 10.1. The predicted octanol–water partition coefficient (Wildman–Crippen LogP) is 2.80. The van der Waals surface area contributed by atoms with Crippen molar-refractivity contribution in [3.8, 4) is 0 Å². The first-order chi connectivity index (χ1) is 10.2. The number of halogens is 3. The van der Waals surface area contributed by atoms with Crippen molar-refractivity contribution in [2.75, 3.05) is 13.1 Å². The Labute approximate surface area is 125 Å². The van der Waals surface area contributed by atoms with Crippen molar-refractivity contribution < 1.29 is 27.9 Å². The molecule has 5 nitrogen and oxygen atoms in total. The van der Waals surface area contributed by atoms with Crippen LogP contribution in [0.15, 0.2) is 30.3 Å². The van der Waals surface area contributed by atoms with E-state index in [1.165, 1.54) is 0 Å². The number of hydrogen-bond donors (Lipinski definition) is 2. The number of nitrogens with one attached hydrogen (secondary N) is 1. The van der Waals surface area contributed by atoms with Crippen LogP contribution in [0, 0.1) is 0 Å². The molecule has 0 spiro atoms. The first-order valence-corrected chi connectivity index (χ1v) is 6.62. The van der Waals surface area contributed by atoms with Crippen LogP contribution in [-0.2, 0) is 4.79 Å². The van der Waals surface area contributed by atoms with Crippen LogP contribution in [0.4, 0.5) is 18.0 Å². The molecule has 8 heteroatoms. The molecule has 2 amide bonds. The number of carboxylic acid groups (broad SMARTS) is 1. The molecule has 1 aliphatic heterocycles. The number of likely N-dealkylation sites (tertiary alicyclic amines) is 1. The normalized spacial score (nSPS) is 15.0. The summed E-state index contributed by atoms with van der Waals surface area (Å²) < 4.78 is 31.7. The average molecular weight is 318 g/mol. The van der Waals surface area contributed by atoms with Gasteiger partial charge in [0.05, 0.1) is 6.04 Å². The van der Waals surface area contributed by atoms with Crippen molar-refractivity contribution in [3.63, 3.8) is 0 Å². The number of amides is 2. The number of aliphatic carboxylic acids is 1. The van der Waals surface area contributed by atoms with E-state index in [-0.39, 0.29) is 12.1 Å². The number of urea groups is 1. The third-order valence-corrected chi connectivity index (χ3v) is 3.03. The number of alkyl halides is 3. The number of hydrogen-bond acceptors (Lipinski definition) is 2. The highest BCUT2D eigenvalue weighted by Gasteiger charge is 2.38. The third kappa shape index (κ3) is 5.63. The molecule has 122 valence electrons. The topological polar surface area (TPSA) is 69.6 Å². The molecule has 1 atom stereocenters. The van der Waals surface area contributed by atoms with E-state index >= 15 is 0 Å². The van der Waals surface area contributed by atoms with Gasteiger partial charge in [0.25, 0.3) is 0 Å². The number of carboxylic acids is 1. The zero-order valence-corrected chi connectivity index (χ0v) is 11.9. The van der Waals surface area contributed by atoms with Gasteiger partial charge in [-0.3, -0.25) is 0 Å². The molecule has 0 aliphatic carbocycles. The summed E-state index contributed by atoms with van der Waals surface area (Å²) in [5.74, 6) is -2.76. The van der Waals surface area contributed by atoms with Gasteiger partial charge in [0.1, 0.15) is 0 Å². The van der Waals surface area contributed by atoms with Gasteiger partial charge in [0.2, 0.25) is 0 Å². The van der Waals surface area contributed by atoms with Crippen molar-refractivity contribution in [2.45, 2.75) is 25.6 Å². The lowest BCUT2D eigenvalue weighted by Gasteiger charge is -2.32. The Morgan fingerprint density at radius 3 is 2.09 bits per heavy atom. The van der Waals surface area contributed by atoms with Gasteiger partial charge in [-0.05, 0) is 18.9 Å². The highest BCUT2D eigenvalue weighted by molar-refractivity contribution is 5.75. The zero-order valence-electron chi connectivity index (χ0n) is 11.9. The fraction of sp³-hybridized carbons (Fsp3) is 0.429. The maximum atomic E-state index is 11.6. The lowest BCUT2D eigenvalue weighted by molar-refractivity contribution is -0.192. The van der Waals surface area contributed by atoms with Crippen LogP contribution in [0.2, 0.25) is 0 Å². The van der Waals surface area contributed by atoms with Crippen molar-refractivity contribution in [3.05, 3.63) is 35.9 Å². The molecule has 1 aliphatic rings. The molecule has 1 saturated heterocycles. The van der Waals surface area contributed by atoms with E-state index in [0.717, 1.165) is 25.1 Å². The van der Waals surface area contributed by atoms with Crippen LogP contribution in [0.1, 0.15) is 24.9 Å². The van der Waals surface area contributed by atoms with Gasteiger partial charge >= 0.3 is 18.2 Å². The molecular weight excluding hydrogens is 301 g/mol. The first kappa shape index (κ1) is 17.8. The Kier molecular flexibility index (Phi) is 6.21. The summed E-state index contributed by atoms with van der Waals surface area (Å²) in [6, 6.07) is 10.1. The monoisotopic (exact) mass is 318 g/mol. The van der Waals surface area contributed by atoms with E-state index in [4.69, 9.17) is 9.90 Å². The fourth-order valence-corrected chi connectivity index (χ4v) is 1.62. The molecule has 1 aromatic rings. The number of carbonyl (C=O) groups is 2. The summed E-state index contributed by atoms with van der Waals surface area (Å²) in [7, 11) is 0. The van der Waals surface area contributed by atoms with Gasteiger partial charge in [-0.2, -0.15) is 13.2 Å². The van der Waals surface area contributed by atoms with Gasteiger partial charge in [0.15, 0.2) is 0 Å². The van der Waals surface area contributed by atoms with Gasteiger partial charge in [-0.1, -0.05) is 30.3 Å². The molecule has 1 aromatic carbocycles. The van der Waals surface area contributed by atoms with E-state index in [1.54, 1.807) is 0 Å². The zero-order chi connectivity index (χ0) is 16.8. The second-order valence-corrected chi connectivity index (χ2v) is 4.73. The molecule has 0 unspecified atom stereocenters. The molecule has 2 N–H and O–H groups in total. The van der Waals surface area contributed by atoms with Gasteiger partial charge in [-0.25, -0.2) is 9.59 Å². The standard InChI is InChI=1S/C12H16N2O.C2HF3O2/c1-10(11-6-3-2-4-7-11)13-12(15)14-8-5-9-14;3-2(4,5)1(6)7/h2-4,6-7,10H,5,8-9H2,1H3,(H,13,15);(H,6,7)/t10-;/m1./s1. The SMILES string of the molecule is C[C@@H](NC(=O)N1CCC1)c1ccccc1.O=C(O)C(F)(F)F. The van der Waals surface area contributed by atoms with E-state index in [1.807, 2.05) is 42.2 Å². The lowest BCUT2D eigenvalue weighted by Crippen LogP contribution is -2.48. The van der Waals surface area contributed by atoms with Crippen LogP contribution < -0.4 is 5.32 Å². The number of benzene rings is 1. The minimum atomic E-state index is -5.08. The van der Waals surface area contributed by atoms with E-state index < -0.39 is 12.1 Å². The summed E-state index contributed by atoms with van der Waals surface area (Å²) in [6.07, 6.45) is -3.95. The summed E-state index contributed by atoms with van der Waals surface area (Å²) in [4.78, 5) is 22.4. The fourth-order valence-electron chi connectivity index (χ4n) is 1.62. The Morgan fingerprint density at radius 1 is 1.23 bits per heavy atom. The number of nitrogens with zero attached hydrogens (tertiary/aromatic N) is 1. The molecule has 22 heavy (non-hydrogen) atoms. The Bertz CT molecular complexity index is 502. The third-order valence-electron chi connectivity index (χ3n) is 3.03. The Morgan fingerprint density at radius 2 is 1.73 bits per heavy atom. The van der Waals surface area contributed by atoms with Crippen LogP contribution in [0.3, 0.4) is 0 Å². The van der Waals surface area contributed by atoms with Crippen molar-refractivity contribution in [1.82, 2.24) is 10.2 Å². The van der Waals surface area contributed by atoms with Crippen LogP contribution in [0.5, 0.6) is 0 Å².